The second kappa shape index (κ2) is 3.38. The van der Waals surface area contributed by atoms with Gasteiger partial charge in [0.25, 0.3) is 0 Å². The maximum absolute atomic E-state index is 11.1. The van der Waals surface area contributed by atoms with E-state index in [0.717, 1.165) is 12.8 Å². The number of aliphatic carboxylic acids is 1. The van der Waals surface area contributed by atoms with Crippen LogP contribution in [-0.2, 0) is 11.2 Å². The van der Waals surface area contributed by atoms with E-state index in [1.165, 1.54) is 0 Å². The van der Waals surface area contributed by atoms with Gasteiger partial charge in [0, 0.05) is 11.3 Å². The van der Waals surface area contributed by atoms with Crippen molar-refractivity contribution in [2.45, 2.75) is 25.2 Å². The maximum atomic E-state index is 11.1. The summed E-state index contributed by atoms with van der Waals surface area (Å²) in [6, 6.07) is 0. The van der Waals surface area contributed by atoms with Gasteiger partial charge in [0.1, 0.15) is 5.82 Å². The summed E-state index contributed by atoms with van der Waals surface area (Å²) in [6.07, 6.45) is 1.74. The average Bonchev–Trinajstić information content (AvgIpc) is 2.91. The number of nitrogens with two attached hydrogens (primary N) is 1. The van der Waals surface area contributed by atoms with E-state index in [2.05, 4.69) is 9.97 Å². The Morgan fingerprint density at radius 1 is 1.60 bits per heavy atom. The van der Waals surface area contributed by atoms with Crippen molar-refractivity contribution in [1.29, 1.82) is 0 Å². The number of aromatic nitrogens is 2. The lowest BCUT2D eigenvalue weighted by Gasteiger charge is -2.07. The molecule has 0 unspecified atom stereocenters. The van der Waals surface area contributed by atoms with E-state index in [0.29, 0.717) is 11.3 Å². The van der Waals surface area contributed by atoms with E-state index in [-0.39, 0.29) is 18.2 Å². The first-order valence-electron chi connectivity index (χ1n) is 4.68. The van der Waals surface area contributed by atoms with Crippen LogP contribution in [0.4, 0.5) is 5.82 Å². The van der Waals surface area contributed by atoms with Gasteiger partial charge in [-0.2, -0.15) is 4.98 Å². The Labute approximate surface area is 85.1 Å². The summed E-state index contributed by atoms with van der Waals surface area (Å²) in [4.78, 5) is 27.8. The molecule has 0 spiro atoms. The van der Waals surface area contributed by atoms with E-state index in [1.807, 2.05) is 0 Å². The van der Waals surface area contributed by atoms with Crippen LogP contribution in [0, 0.1) is 0 Å². The molecule has 0 aromatic carbocycles. The topological polar surface area (TPSA) is 109 Å². The van der Waals surface area contributed by atoms with E-state index >= 15 is 0 Å². The van der Waals surface area contributed by atoms with Gasteiger partial charge in [0.15, 0.2) is 0 Å². The Balaban J connectivity index is 2.48. The Hall–Kier alpha value is -1.85. The van der Waals surface area contributed by atoms with Crippen LogP contribution in [0.15, 0.2) is 4.79 Å². The fraction of sp³-hybridized carbons (Fsp3) is 0.444. The van der Waals surface area contributed by atoms with Gasteiger partial charge in [-0.05, 0) is 18.8 Å². The fourth-order valence-corrected chi connectivity index (χ4v) is 1.59. The second-order valence-electron chi connectivity index (χ2n) is 3.66. The number of nitrogens with zero attached hydrogens (tertiary/aromatic N) is 1. The summed E-state index contributed by atoms with van der Waals surface area (Å²) in [5.41, 5.74) is 6.13. The van der Waals surface area contributed by atoms with E-state index in [9.17, 15) is 9.59 Å². The number of carboxylic acid groups (broad SMARTS) is 1. The first kappa shape index (κ1) is 9.70. The largest absolute Gasteiger partial charge is 0.481 e. The molecule has 1 aromatic heterocycles. The lowest BCUT2D eigenvalue weighted by molar-refractivity contribution is -0.136. The molecule has 1 aliphatic rings. The molecule has 6 heteroatoms. The predicted molar refractivity (Wildman–Crippen MR) is 52.6 cm³/mol. The normalized spacial score (nSPS) is 15.2. The minimum atomic E-state index is -0.975. The van der Waals surface area contributed by atoms with Crippen LogP contribution >= 0.6 is 0 Å². The number of rotatable bonds is 3. The van der Waals surface area contributed by atoms with Gasteiger partial charge in [-0.3, -0.25) is 4.79 Å². The van der Waals surface area contributed by atoms with Crippen LogP contribution in [-0.4, -0.2) is 21.0 Å². The smallest absolute Gasteiger partial charge is 0.347 e. The molecule has 0 amide bonds. The highest BCUT2D eigenvalue weighted by molar-refractivity contribution is 5.72. The summed E-state index contributed by atoms with van der Waals surface area (Å²) >= 11 is 0. The molecule has 0 radical (unpaired) electrons. The third-order valence-corrected chi connectivity index (χ3v) is 2.41. The SMILES string of the molecule is Nc1nc(=O)[nH]c(C2CC2)c1CC(=O)O. The van der Waals surface area contributed by atoms with Gasteiger partial charge in [0.05, 0.1) is 6.42 Å². The summed E-state index contributed by atoms with van der Waals surface area (Å²) in [7, 11) is 0. The highest BCUT2D eigenvalue weighted by atomic mass is 16.4. The zero-order chi connectivity index (χ0) is 11.0. The third-order valence-electron chi connectivity index (χ3n) is 2.41. The molecule has 1 saturated carbocycles. The Morgan fingerprint density at radius 2 is 2.27 bits per heavy atom. The van der Waals surface area contributed by atoms with Crippen LogP contribution in [0.5, 0.6) is 0 Å². The summed E-state index contributed by atoms with van der Waals surface area (Å²) in [6.45, 7) is 0. The molecule has 0 saturated heterocycles. The standard InChI is InChI=1S/C9H11N3O3/c10-8-5(3-6(13)14)7(4-1-2-4)11-9(15)12-8/h4H,1-3H2,(H,13,14)(H3,10,11,12,15). The highest BCUT2D eigenvalue weighted by Gasteiger charge is 2.29. The lowest BCUT2D eigenvalue weighted by Crippen LogP contribution is -2.19. The van der Waals surface area contributed by atoms with E-state index < -0.39 is 11.7 Å². The van der Waals surface area contributed by atoms with E-state index in [1.54, 1.807) is 0 Å². The number of hydrogen-bond donors (Lipinski definition) is 3. The monoisotopic (exact) mass is 209 g/mol. The number of carbonyl (C=O) groups is 1. The fourth-order valence-electron chi connectivity index (χ4n) is 1.59. The van der Waals surface area contributed by atoms with E-state index in [4.69, 9.17) is 10.8 Å². The number of hydrogen-bond acceptors (Lipinski definition) is 4. The Bertz CT molecular complexity index is 462. The highest BCUT2D eigenvalue weighted by Crippen LogP contribution is 2.40. The van der Waals surface area contributed by atoms with Crippen molar-refractivity contribution >= 4 is 11.8 Å². The number of nitrogen functional groups attached to an aromatic ring is 1. The molecule has 0 bridgehead atoms. The molecule has 15 heavy (non-hydrogen) atoms. The summed E-state index contributed by atoms with van der Waals surface area (Å²) in [5.74, 6) is -0.696. The van der Waals surface area contributed by atoms with Crippen molar-refractivity contribution in [2.75, 3.05) is 5.73 Å². The minimum Gasteiger partial charge on any atom is -0.481 e. The first-order valence-corrected chi connectivity index (χ1v) is 4.68. The molecule has 2 rings (SSSR count). The Morgan fingerprint density at radius 3 is 2.80 bits per heavy atom. The molecule has 1 fully saturated rings. The van der Waals surface area contributed by atoms with Gasteiger partial charge in [-0.15, -0.1) is 0 Å². The lowest BCUT2D eigenvalue weighted by atomic mass is 10.1. The molecule has 4 N–H and O–H groups in total. The molecule has 80 valence electrons. The first-order chi connectivity index (χ1) is 7.08. The number of aromatic amines is 1. The zero-order valence-corrected chi connectivity index (χ0v) is 7.99. The molecule has 1 heterocycles. The third kappa shape index (κ3) is 1.98. The molecule has 1 aromatic rings. The van der Waals surface area contributed by atoms with Crippen molar-refractivity contribution in [3.63, 3.8) is 0 Å². The summed E-state index contributed by atoms with van der Waals surface area (Å²) in [5, 5.41) is 8.71. The van der Waals surface area contributed by atoms with Gasteiger partial charge in [-0.1, -0.05) is 0 Å². The molecular formula is C9H11N3O3. The number of carboxylic acids is 1. The average molecular weight is 209 g/mol. The predicted octanol–water partition coefficient (Wildman–Crippen LogP) is -0.143. The van der Waals surface area contributed by atoms with Crippen LogP contribution in [0.3, 0.4) is 0 Å². The number of nitrogens with one attached hydrogen (secondary N) is 1. The molecule has 1 aliphatic carbocycles. The number of H-pyrrole nitrogens is 1. The van der Waals surface area contributed by atoms with Gasteiger partial charge >= 0.3 is 11.7 Å². The van der Waals surface area contributed by atoms with Gasteiger partial charge < -0.3 is 15.8 Å². The molecular weight excluding hydrogens is 198 g/mol. The van der Waals surface area contributed by atoms with Crippen LogP contribution in [0.25, 0.3) is 0 Å². The molecule has 0 atom stereocenters. The molecule has 0 aliphatic heterocycles. The van der Waals surface area contributed by atoms with Crippen molar-refractivity contribution in [3.8, 4) is 0 Å². The second-order valence-corrected chi connectivity index (χ2v) is 3.66. The summed E-state index contributed by atoms with van der Waals surface area (Å²) < 4.78 is 0. The minimum absolute atomic E-state index is 0.0306. The van der Waals surface area contributed by atoms with Crippen molar-refractivity contribution in [1.82, 2.24) is 9.97 Å². The van der Waals surface area contributed by atoms with Crippen molar-refractivity contribution in [2.24, 2.45) is 0 Å². The van der Waals surface area contributed by atoms with Crippen LogP contribution in [0.1, 0.15) is 30.0 Å². The van der Waals surface area contributed by atoms with Crippen molar-refractivity contribution in [3.05, 3.63) is 21.7 Å². The molecule has 6 nitrogen and oxygen atoms in total. The quantitative estimate of drug-likeness (QED) is 0.641. The van der Waals surface area contributed by atoms with Gasteiger partial charge in [0.2, 0.25) is 0 Å². The van der Waals surface area contributed by atoms with Crippen LogP contribution in [0.2, 0.25) is 0 Å². The number of anilines is 1. The maximum Gasteiger partial charge on any atom is 0.347 e. The van der Waals surface area contributed by atoms with Crippen molar-refractivity contribution < 1.29 is 9.90 Å². The van der Waals surface area contributed by atoms with Gasteiger partial charge in [-0.25, -0.2) is 4.79 Å². The zero-order valence-electron chi connectivity index (χ0n) is 7.99. The van der Waals surface area contributed by atoms with Crippen LogP contribution < -0.4 is 11.4 Å². The Kier molecular flexibility index (Phi) is 2.18.